The molecular formula is C4H5OS. The standard InChI is InChI=1S/C4H5OS/c5-3-4-1-2-6-4/h4H,1-2H2. The van der Waals surface area contributed by atoms with E-state index in [1.165, 1.54) is 0 Å². The van der Waals surface area contributed by atoms with Crippen molar-refractivity contribution in [3.8, 4) is 0 Å². The van der Waals surface area contributed by atoms with Crippen molar-refractivity contribution in [2.75, 3.05) is 5.75 Å². The first kappa shape index (κ1) is 4.19. The van der Waals surface area contributed by atoms with Gasteiger partial charge in [-0.05, 0) is 12.2 Å². The molecule has 0 aliphatic carbocycles. The summed E-state index contributed by atoms with van der Waals surface area (Å²) in [5.41, 5.74) is 0. The third-order valence-corrected chi connectivity index (χ3v) is 2.04. The smallest absolute Gasteiger partial charge is 0.212 e. The summed E-state index contributed by atoms with van der Waals surface area (Å²) in [4.78, 5) is 9.64. The minimum Gasteiger partial charge on any atom is -0.290 e. The molecule has 1 radical (unpaired) electrons. The zero-order valence-corrected chi connectivity index (χ0v) is 4.12. The average Bonchev–Trinajstić information content (AvgIpc) is 1.31. The summed E-state index contributed by atoms with van der Waals surface area (Å²) >= 11 is 1.68. The molecule has 1 atom stereocenters. The summed E-state index contributed by atoms with van der Waals surface area (Å²) < 4.78 is 0. The van der Waals surface area contributed by atoms with Crippen molar-refractivity contribution in [1.82, 2.24) is 0 Å². The highest BCUT2D eigenvalue weighted by atomic mass is 32.2. The van der Waals surface area contributed by atoms with Gasteiger partial charge in [0, 0.05) is 0 Å². The minimum absolute atomic E-state index is 0.227. The summed E-state index contributed by atoms with van der Waals surface area (Å²) in [6.07, 6.45) is 2.96. The van der Waals surface area contributed by atoms with E-state index in [1.807, 2.05) is 6.29 Å². The summed E-state index contributed by atoms with van der Waals surface area (Å²) in [7, 11) is 0. The molecule has 6 heavy (non-hydrogen) atoms. The fourth-order valence-electron chi connectivity index (χ4n) is 0.329. The molecule has 1 unspecified atom stereocenters. The molecule has 0 amide bonds. The molecule has 1 aliphatic rings. The number of thioether (sulfide) groups is 1. The Balaban J connectivity index is 2.16. The summed E-state index contributed by atoms with van der Waals surface area (Å²) in [5.74, 6) is 1.15. The van der Waals surface area contributed by atoms with Crippen molar-refractivity contribution in [1.29, 1.82) is 0 Å². The number of hydrogen-bond acceptors (Lipinski definition) is 2. The predicted octanol–water partition coefficient (Wildman–Crippen LogP) is 0.602. The molecule has 0 aromatic rings. The van der Waals surface area contributed by atoms with Gasteiger partial charge in [-0.2, -0.15) is 11.8 Å². The van der Waals surface area contributed by atoms with E-state index in [9.17, 15) is 4.79 Å². The molecule has 1 saturated heterocycles. The average molecular weight is 101 g/mol. The van der Waals surface area contributed by atoms with Gasteiger partial charge in [0.25, 0.3) is 0 Å². The molecule has 1 nitrogen and oxygen atoms in total. The van der Waals surface area contributed by atoms with E-state index >= 15 is 0 Å². The third kappa shape index (κ3) is 0.570. The molecule has 0 aromatic carbocycles. The lowest BCUT2D eigenvalue weighted by Crippen LogP contribution is -2.15. The van der Waals surface area contributed by atoms with Crippen LogP contribution in [0.3, 0.4) is 0 Å². The van der Waals surface area contributed by atoms with Gasteiger partial charge in [0.1, 0.15) is 0 Å². The second-order valence-electron chi connectivity index (χ2n) is 1.27. The Hall–Kier alpha value is 0.0200. The first-order valence-corrected chi connectivity index (χ1v) is 2.97. The maximum absolute atomic E-state index is 9.64. The van der Waals surface area contributed by atoms with Crippen LogP contribution in [-0.4, -0.2) is 17.3 Å². The molecular weight excluding hydrogens is 96.1 g/mol. The van der Waals surface area contributed by atoms with Crippen LogP contribution in [0.1, 0.15) is 6.42 Å². The summed E-state index contributed by atoms with van der Waals surface area (Å²) in [6, 6.07) is 0. The van der Waals surface area contributed by atoms with Crippen LogP contribution in [0.4, 0.5) is 0 Å². The summed E-state index contributed by atoms with van der Waals surface area (Å²) in [6.45, 7) is 0. The lowest BCUT2D eigenvalue weighted by atomic mass is 10.3. The molecule has 0 bridgehead atoms. The Kier molecular flexibility index (Phi) is 1.15. The van der Waals surface area contributed by atoms with Gasteiger partial charge in [-0.1, -0.05) is 0 Å². The lowest BCUT2D eigenvalue weighted by molar-refractivity contribution is 0.550. The van der Waals surface area contributed by atoms with E-state index in [0.717, 1.165) is 12.2 Å². The molecule has 0 aromatic heterocycles. The first-order valence-electron chi connectivity index (χ1n) is 1.93. The van der Waals surface area contributed by atoms with Crippen molar-refractivity contribution in [3.63, 3.8) is 0 Å². The van der Waals surface area contributed by atoms with Crippen molar-refractivity contribution in [2.45, 2.75) is 11.7 Å². The largest absolute Gasteiger partial charge is 0.290 e. The second kappa shape index (κ2) is 1.65. The molecule has 2 heteroatoms. The van der Waals surface area contributed by atoms with Gasteiger partial charge in [0.05, 0.1) is 5.25 Å². The zero-order chi connectivity index (χ0) is 4.41. The van der Waals surface area contributed by atoms with Crippen molar-refractivity contribution in [2.24, 2.45) is 0 Å². The fraction of sp³-hybridized carbons (Fsp3) is 0.750. The van der Waals surface area contributed by atoms with Crippen LogP contribution < -0.4 is 0 Å². The molecule has 33 valence electrons. The molecule has 0 saturated carbocycles. The topological polar surface area (TPSA) is 17.1 Å². The Bertz CT molecular complexity index is 58.6. The van der Waals surface area contributed by atoms with Gasteiger partial charge >= 0.3 is 0 Å². The van der Waals surface area contributed by atoms with Gasteiger partial charge in [0.2, 0.25) is 6.29 Å². The maximum atomic E-state index is 9.64. The Labute approximate surface area is 41.1 Å². The zero-order valence-electron chi connectivity index (χ0n) is 3.31. The van der Waals surface area contributed by atoms with Crippen LogP contribution in [0.25, 0.3) is 0 Å². The highest BCUT2D eigenvalue weighted by Crippen LogP contribution is 2.24. The molecule has 1 heterocycles. The molecule has 0 spiro atoms. The first-order chi connectivity index (χ1) is 2.93. The number of hydrogen-bond donors (Lipinski definition) is 0. The molecule has 0 N–H and O–H groups in total. The normalized spacial score (nSPS) is 31.7. The number of rotatable bonds is 1. The fourth-order valence-corrected chi connectivity index (χ4v) is 0.868. The Morgan fingerprint density at radius 3 is 2.50 bits per heavy atom. The van der Waals surface area contributed by atoms with Crippen LogP contribution in [0.2, 0.25) is 0 Å². The van der Waals surface area contributed by atoms with E-state index in [1.54, 1.807) is 11.8 Å². The lowest BCUT2D eigenvalue weighted by Gasteiger charge is -2.16. The monoisotopic (exact) mass is 101 g/mol. The number of carbonyl (C=O) groups excluding carboxylic acids is 1. The van der Waals surface area contributed by atoms with Gasteiger partial charge in [0.15, 0.2) is 0 Å². The minimum atomic E-state index is 0.227. The van der Waals surface area contributed by atoms with Gasteiger partial charge < -0.3 is 0 Å². The van der Waals surface area contributed by atoms with Crippen LogP contribution in [0.5, 0.6) is 0 Å². The van der Waals surface area contributed by atoms with Gasteiger partial charge in [-0.15, -0.1) is 0 Å². The van der Waals surface area contributed by atoms with Crippen molar-refractivity contribution < 1.29 is 4.79 Å². The van der Waals surface area contributed by atoms with E-state index in [2.05, 4.69) is 0 Å². The summed E-state index contributed by atoms with van der Waals surface area (Å²) in [5, 5.41) is 0.227. The van der Waals surface area contributed by atoms with E-state index in [0.29, 0.717) is 0 Å². The Morgan fingerprint density at radius 2 is 2.50 bits per heavy atom. The van der Waals surface area contributed by atoms with Crippen LogP contribution in [0, 0.1) is 0 Å². The van der Waals surface area contributed by atoms with Gasteiger partial charge in [-0.3, -0.25) is 4.79 Å². The predicted molar refractivity (Wildman–Crippen MR) is 26.6 cm³/mol. The van der Waals surface area contributed by atoms with E-state index in [4.69, 9.17) is 0 Å². The highest BCUT2D eigenvalue weighted by Gasteiger charge is 2.16. The Morgan fingerprint density at radius 1 is 1.83 bits per heavy atom. The van der Waals surface area contributed by atoms with Crippen LogP contribution in [-0.2, 0) is 4.79 Å². The van der Waals surface area contributed by atoms with Crippen molar-refractivity contribution >= 4 is 18.0 Å². The van der Waals surface area contributed by atoms with Gasteiger partial charge in [-0.25, -0.2) is 0 Å². The quantitative estimate of drug-likeness (QED) is 0.481. The van der Waals surface area contributed by atoms with Crippen LogP contribution in [0.15, 0.2) is 0 Å². The SMILES string of the molecule is O=[C]C1CCS1. The van der Waals surface area contributed by atoms with E-state index in [-0.39, 0.29) is 5.25 Å². The second-order valence-corrected chi connectivity index (χ2v) is 2.58. The molecule has 1 aliphatic heterocycles. The van der Waals surface area contributed by atoms with E-state index < -0.39 is 0 Å². The third-order valence-electron chi connectivity index (χ3n) is 0.831. The molecule has 1 fully saturated rings. The van der Waals surface area contributed by atoms with Crippen LogP contribution >= 0.6 is 11.8 Å². The maximum Gasteiger partial charge on any atom is 0.212 e. The molecule has 1 rings (SSSR count). The van der Waals surface area contributed by atoms with Crippen molar-refractivity contribution in [3.05, 3.63) is 0 Å². The highest BCUT2D eigenvalue weighted by molar-refractivity contribution is 8.01.